The van der Waals surface area contributed by atoms with Crippen LogP contribution in [0.2, 0.25) is 0 Å². The second kappa shape index (κ2) is 58.9. The van der Waals surface area contributed by atoms with E-state index in [0.29, 0.717) is 0 Å². The largest absolute Gasteiger partial charge is 2.00 e. The molecule has 0 aromatic heterocycles. The van der Waals surface area contributed by atoms with Gasteiger partial charge in [-0.05, 0) is 0 Å². The van der Waals surface area contributed by atoms with Gasteiger partial charge >= 0.3 is 0 Å². The molecule has 0 saturated carbocycles. The van der Waals surface area contributed by atoms with E-state index in [-0.39, 0.29) is 59.2 Å². The van der Waals surface area contributed by atoms with E-state index in [2.05, 4.69) is 0 Å². The molecule has 0 bridgehead atoms. The summed E-state index contributed by atoms with van der Waals surface area (Å²) in [5.41, 5.74) is 0. The summed E-state index contributed by atoms with van der Waals surface area (Å²) in [5.74, 6) is 0. The first-order valence-corrected chi connectivity index (χ1v) is 0. The molecule has 34 valence electrons. The van der Waals surface area contributed by atoms with Gasteiger partial charge in [-0.2, -0.15) is 0 Å². The van der Waals surface area contributed by atoms with E-state index in [1.165, 1.54) is 0 Å². The molecule has 0 amide bonds. The van der Waals surface area contributed by atoms with Gasteiger partial charge in [-0.25, -0.2) is 0 Å². The topological polar surface area (TPSA) is 85.5 Å². The average Bonchev–Trinajstić information content (AvgIpc) is 0. The predicted molar refractivity (Wildman–Crippen MR) is 2.06 cm³/mol. The van der Waals surface area contributed by atoms with Crippen LogP contribution in [-0.2, 0) is 59.2 Å². The molecule has 0 aliphatic carbocycles. The maximum absolute atomic E-state index is 0. The van der Waals surface area contributed by atoms with Gasteiger partial charge in [0.05, 0.1) is 0 Å². The Morgan fingerprint density at radius 3 is 0.600 bits per heavy atom. The maximum Gasteiger partial charge on any atom is 0 e. The van der Waals surface area contributed by atoms with Crippen LogP contribution < -0.4 is 0 Å². The molecule has 0 N–H and O–H groups in total. The van der Waals surface area contributed by atoms with E-state index in [0.717, 1.165) is 0 Å². The Balaban J connectivity index is 0. The van der Waals surface area contributed by atoms with Gasteiger partial charge in [0.15, 0.2) is 0 Å². The Labute approximate surface area is 59.2 Å². The zero-order valence-electron chi connectivity index (χ0n) is 2.13. The third-order valence-corrected chi connectivity index (χ3v) is 0. The number of rotatable bonds is 0. The van der Waals surface area contributed by atoms with Crippen LogP contribution in [0.4, 0.5) is 0 Å². The summed E-state index contributed by atoms with van der Waals surface area (Å²) in [6.45, 7) is 0. The van der Waals surface area contributed by atoms with Gasteiger partial charge in [0, 0.05) is 42.8 Å². The minimum Gasteiger partial charge on any atom is -2.00 e. The first-order chi connectivity index (χ1) is 0. The molecule has 0 aromatic carbocycles. The van der Waals surface area contributed by atoms with Gasteiger partial charge < -0.3 is 16.4 Å². The van der Waals surface area contributed by atoms with Crippen molar-refractivity contribution in [2.24, 2.45) is 0 Å². The minimum absolute atomic E-state index is 0. The molecule has 0 aliphatic rings. The molecule has 5 heteroatoms. The third-order valence-electron chi connectivity index (χ3n) is 0. The van der Waals surface area contributed by atoms with Crippen LogP contribution in [0, 0.1) is 0 Å². The van der Waals surface area contributed by atoms with E-state index in [9.17, 15) is 0 Å². The van der Waals surface area contributed by atoms with Crippen molar-refractivity contribution in [2.75, 3.05) is 0 Å². The molecule has 0 atom stereocenters. The molecule has 0 aliphatic heterocycles. The summed E-state index contributed by atoms with van der Waals surface area (Å²) in [4.78, 5) is 0. The Bertz CT molecular complexity index is 6.85. The van der Waals surface area contributed by atoms with Gasteiger partial charge in [0.1, 0.15) is 0 Å². The molecule has 3 nitrogen and oxygen atoms in total. The summed E-state index contributed by atoms with van der Waals surface area (Å²) in [6.07, 6.45) is 0. The van der Waals surface area contributed by atoms with Crippen molar-refractivity contribution < 1.29 is 59.2 Å². The van der Waals surface area contributed by atoms with E-state index < -0.39 is 0 Å². The van der Waals surface area contributed by atoms with Crippen molar-refractivity contribution in [1.29, 1.82) is 0 Å². The van der Waals surface area contributed by atoms with E-state index in [1.807, 2.05) is 0 Å². The molecular weight excluding hydrogens is 280 g/mol. The van der Waals surface area contributed by atoms with Crippen molar-refractivity contribution in [3.8, 4) is 0 Å². The summed E-state index contributed by atoms with van der Waals surface area (Å²) in [6, 6.07) is 0. The SMILES string of the molecule is [O-2].[O-2].[O-2].[Ti].[W]. The smallest absolute Gasteiger partial charge is 0 e. The van der Waals surface area contributed by atoms with Crippen LogP contribution in [0.25, 0.3) is 0 Å². The van der Waals surface area contributed by atoms with Gasteiger partial charge in [-0.3, -0.25) is 0 Å². The van der Waals surface area contributed by atoms with Gasteiger partial charge in [0.2, 0.25) is 0 Å². The second-order valence-electron chi connectivity index (χ2n) is 0. The monoisotopic (exact) mass is 280 g/mol. The summed E-state index contributed by atoms with van der Waals surface area (Å²) in [7, 11) is 0. The summed E-state index contributed by atoms with van der Waals surface area (Å²) < 4.78 is 0. The molecule has 0 rings (SSSR count). The Morgan fingerprint density at radius 2 is 0.600 bits per heavy atom. The Hall–Kier alpha value is 1.28. The fourth-order valence-electron chi connectivity index (χ4n) is 0. The number of hydrogen-bond acceptors (Lipinski definition) is 0. The van der Waals surface area contributed by atoms with E-state index in [4.69, 9.17) is 0 Å². The molecule has 0 heterocycles. The predicted octanol–water partition coefficient (Wildman–Crippen LogP) is -0.361. The third kappa shape index (κ3) is 34.6. The van der Waals surface area contributed by atoms with Crippen LogP contribution in [0.3, 0.4) is 0 Å². The molecule has 0 radical (unpaired) electrons. The number of hydrogen-bond donors (Lipinski definition) is 0. The molecule has 5 heavy (non-hydrogen) atoms. The zero-order valence-corrected chi connectivity index (χ0v) is 6.63. The molecule has 0 saturated heterocycles. The normalized spacial score (nSPS) is 0. The van der Waals surface area contributed by atoms with Gasteiger partial charge in [0.25, 0.3) is 0 Å². The fourth-order valence-corrected chi connectivity index (χ4v) is 0. The summed E-state index contributed by atoms with van der Waals surface area (Å²) in [5, 5.41) is 0. The Morgan fingerprint density at radius 1 is 0.600 bits per heavy atom. The van der Waals surface area contributed by atoms with Crippen molar-refractivity contribution in [2.45, 2.75) is 0 Å². The van der Waals surface area contributed by atoms with Crippen LogP contribution >= 0.6 is 0 Å². The van der Waals surface area contributed by atoms with Crippen LogP contribution in [0.5, 0.6) is 0 Å². The van der Waals surface area contributed by atoms with Crippen molar-refractivity contribution in [3.63, 3.8) is 0 Å². The molecule has 0 spiro atoms. The van der Waals surface area contributed by atoms with Crippen LogP contribution in [0.1, 0.15) is 0 Å². The summed E-state index contributed by atoms with van der Waals surface area (Å²) >= 11 is 0. The first kappa shape index (κ1) is 107. The van der Waals surface area contributed by atoms with Crippen molar-refractivity contribution >= 4 is 0 Å². The first-order valence-electron chi connectivity index (χ1n) is 0. The van der Waals surface area contributed by atoms with Crippen molar-refractivity contribution in [3.05, 3.63) is 0 Å². The van der Waals surface area contributed by atoms with Gasteiger partial charge in [-0.15, -0.1) is 0 Å². The second-order valence-corrected chi connectivity index (χ2v) is 0. The average molecular weight is 280 g/mol. The molecule has 0 aromatic rings. The Kier molecular flexibility index (Phi) is 1260. The quantitative estimate of drug-likeness (QED) is 0.542. The van der Waals surface area contributed by atoms with Crippen molar-refractivity contribution in [1.82, 2.24) is 0 Å². The van der Waals surface area contributed by atoms with E-state index in [1.54, 1.807) is 0 Å². The maximum atomic E-state index is 0. The minimum atomic E-state index is 0. The van der Waals surface area contributed by atoms with E-state index >= 15 is 0 Å². The standard InChI is InChI=1S/3O.Ti.W/q3*-2;;. The van der Waals surface area contributed by atoms with Crippen LogP contribution in [0.15, 0.2) is 0 Å². The molecule has 0 fully saturated rings. The zero-order chi connectivity index (χ0) is 0. The van der Waals surface area contributed by atoms with Gasteiger partial charge in [-0.1, -0.05) is 0 Å². The molecule has 0 unspecified atom stereocenters. The fraction of sp³-hybridized carbons (Fsp3) is 0. The van der Waals surface area contributed by atoms with Crippen LogP contribution in [-0.4, -0.2) is 0 Å². The molecular formula is O3TiW-6.